The lowest BCUT2D eigenvalue weighted by Crippen LogP contribution is -2.11. The molecule has 0 saturated heterocycles. The summed E-state index contributed by atoms with van der Waals surface area (Å²) in [5, 5.41) is 0. The molecular formula is C26H31BrS. The van der Waals surface area contributed by atoms with Crippen LogP contribution in [0, 0.1) is 0 Å². The van der Waals surface area contributed by atoms with Crippen molar-refractivity contribution in [2.75, 3.05) is 0 Å². The molecule has 2 heteroatoms. The first-order valence-electron chi connectivity index (χ1n) is 9.82. The van der Waals surface area contributed by atoms with Crippen LogP contribution in [0.15, 0.2) is 93.5 Å². The van der Waals surface area contributed by atoms with E-state index in [1.54, 1.807) is 0 Å². The third kappa shape index (κ3) is 4.23. The fourth-order valence-corrected chi connectivity index (χ4v) is 7.61. The molecular weight excluding hydrogens is 424 g/mol. The Morgan fingerprint density at radius 3 is 1.14 bits per heavy atom. The normalized spacial score (nSPS) is 13.4. The molecule has 0 aromatic heterocycles. The van der Waals surface area contributed by atoms with Gasteiger partial charge < -0.3 is 0 Å². The SMILES string of the molecule is CC(C)(C)c1ccc(S(Br)(c2ccccc2)c2ccc(C(C)(C)C)cc2)cc1. The van der Waals surface area contributed by atoms with E-state index in [2.05, 4.69) is 135 Å². The van der Waals surface area contributed by atoms with Gasteiger partial charge in [-0.2, -0.15) is 0 Å². The van der Waals surface area contributed by atoms with Crippen LogP contribution in [0.4, 0.5) is 0 Å². The molecule has 0 aliphatic heterocycles. The van der Waals surface area contributed by atoms with E-state index in [9.17, 15) is 0 Å². The summed E-state index contributed by atoms with van der Waals surface area (Å²) in [5.74, 6) is 0. The minimum Gasteiger partial charge on any atom is -0.101 e. The maximum absolute atomic E-state index is 4.24. The van der Waals surface area contributed by atoms with Crippen LogP contribution >= 0.6 is 23.3 Å². The Labute approximate surface area is 179 Å². The van der Waals surface area contributed by atoms with Crippen molar-refractivity contribution in [3.05, 3.63) is 90.0 Å². The summed E-state index contributed by atoms with van der Waals surface area (Å²) >= 11 is 4.24. The standard InChI is InChI=1S/C26H31BrS/c1-25(2,3)20-12-16-23(17-13-20)28(27,22-10-8-7-9-11-22)24-18-14-21(15-19-24)26(4,5)6/h7-19H,1-6H3. The Balaban J connectivity index is 2.14. The van der Waals surface area contributed by atoms with Crippen molar-refractivity contribution >= 4 is 23.3 Å². The van der Waals surface area contributed by atoms with Crippen molar-refractivity contribution < 1.29 is 0 Å². The molecule has 0 aliphatic carbocycles. The molecule has 3 aromatic carbocycles. The predicted octanol–water partition coefficient (Wildman–Crippen LogP) is 8.87. The highest BCUT2D eigenvalue weighted by Gasteiger charge is 2.29. The first kappa shape index (κ1) is 21.2. The van der Waals surface area contributed by atoms with Crippen LogP contribution in [0.2, 0.25) is 0 Å². The highest BCUT2D eigenvalue weighted by atomic mass is 79.9. The summed E-state index contributed by atoms with van der Waals surface area (Å²) in [5.41, 5.74) is 3.04. The molecule has 3 aromatic rings. The van der Waals surface area contributed by atoms with Gasteiger partial charge in [-0.3, -0.25) is 0 Å². The fourth-order valence-electron chi connectivity index (χ4n) is 3.30. The van der Waals surface area contributed by atoms with Crippen LogP contribution in [-0.2, 0) is 10.8 Å². The third-order valence-corrected chi connectivity index (χ3v) is 11.3. The average molecular weight is 456 g/mol. The lowest BCUT2D eigenvalue weighted by Gasteiger charge is -2.36. The summed E-state index contributed by atoms with van der Waals surface area (Å²) < 4.78 is 0. The third-order valence-electron chi connectivity index (χ3n) is 5.16. The number of hydrogen-bond donors (Lipinski definition) is 0. The van der Waals surface area contributed by atoms with Crippen LogP contribution in [0.3, 0.4) is 0 Å². The van der Waals surface area contributed by atoms with E-state index in [1.807, 2.05) is 0 Å². The van der Waals surface area contributed by atoms with Gasteiger partial charge >= 0.3 is 0 Å². The molecule has 0 amide bonds. The fraction of sp³-hybridized carbons (Fsp3) is 0.308. The van der Waals surface area contributed by atoms with Crippen molar-refractivity contribution in [1.82, 2.24) is 0 Å². The van der Waals surface area contributed by atoms with E-state index in [4.69, 9.17) is 0 Å². The second kappa shape index (κ2) is 7.72. The summed E-state index contributed by atoms with van der Waals surface area (Å²) in [6, 6.07) is 29.2. The van der Waals surface area contributed by atoms with Gasteiger partial charge in [-0.05, 0) is 73.2 Å². The molecule has 3 rings (SSSR count). The van der Waals surface area contributed by atoms with Gasteiger partial charge in [0.1, 0.15) is 0 Å². The second-order valence-corrected chi connectivity index (χ2v) is 14.8. The molecule has 0 aliphatic rings. The van der Waals surface area contributed by atoms with Gasteiger partial charge in [0, 0.05) is 14.7 Å². The second-order valence-electron chi connectivity index (χ2n) is 9.40. The smallest absolute Gasteiger partial charge is 0.00785 e. The van der Waals surface area contributed by atoms with Crippen LogP contribution in [-0.4, -0.2) is 0 Å². The number of rotatable bonds is 3. The van der Waals surface area contributed by atoms with E-state index >= 15 is 0 Å². The zero-order valence-electron chi connectivity index (χ0n) is 17.8. The number of hydrogen-bond acceptors (Lipinski definition) is 0. The Morgan fingerprint density at radius 1 is 0.500 bits per heavy atom. The van der Waals surface area contributed by atoms with Crippen molar-refractivity contribution in [2.24, 2.45) is 0 Å². The minimum absolute atomic E-state index is 0.157. The topological polar surface area (TPSA) is 0 Å². The Morgan fingerprint density at radius 2 is 0.821 bits per heavy atom. The van der Waals surface area contributed by atoms with Crippen LogP contribution in [0.25, 0.3) is 0 Å². The van der Waals surface area contributed by atoms with E-state index in [-0.39, 0.29) is 10.8 Å². The van der Waals surface area contributed by atoms with Gasteiger partial charge in [-0.25, -0.2) is 0 Å². The van der Waals surface area contributed by atoms with Gasteiger partial charge in [-0.1, -0.05) is 84.0 Å². The molecule has 0 fully saturated rings. The Hall–Kier alpha value is -1.51. The van der Waals surface area contributed by atoms with Gasteiger partial charge in [0.05, 0.1) is 0 Å². The van der Waals surface area contributed by atoms with E-state index in [0.717, 1.165) is 0 Å². The molecule has 0 saturated carbocycles. The molecule has 148 valence electrons. The summed E-state index contributed by atoms with van der Waals surface area (Å²) in [6.45, 7) is 13.6. The van der Waals surface area contributed by atoms with Crippen molar-refractivity contribution in [1.29, 1.82) is 0 Å². The van der Waals surface area contributed by atoms with Crippen molar-refractivity contribution in [3.63, 3.8) is 0 Å². The highest BCUT2D eigenvalue weighted by Crippen LogP contribution is 2.73. The number of halogens is 1. The minimum atomic E-state index is -1.49. The molecule has 0 heterocycles. The quantitative estimate of drug-likeness (QED) is 0.370. The van der Waals surface area contributed by atoms with Crippen molar-refractivity contribution in [3.8, 4) is 0 Å². The Bertz CT molecular complexity index is 854. The van der Waals surface area contributed by atoms with Gasteiger partial charge in [0.25, 0.3) is 0 Å². The molecule has 0 unspecified atom stereocenters. The first-order chi connectivity index (χ1) is 13.0. The molecule has 0 N–H and O–H groups in total. The summed E-state index contributed by atoms with van der Waals surface area (Å²) in [6.07, 6.45) is 0. The van der Waals surface area contributed by atoms with E-state index < -0.39 is 8.46 Å². The molecule has 0 nitrogen and oxygen atoms in total. The highest BCUT2D eigenvalue weighted by molar-refractivity contribution is 9.58. The molecule has 28 heavy (non-hydrogen) atoms. The van der Waals surface area contributed by atoms with Gasteiger partial charge in [-0.15, -0.1) is 8.46 Å². The van der Waals surface area contributed by atoms with Crippen LogP contribution < -0.4 is 0 Å². The van der Waals surface area contributed by atoms with Crippen LogP contribution in [0.5, 0.6) is 0 Å². The average Bonchev–Trinajstić information content (AvgIpc) is 2.67. The Kier molecular flexibility index (Phi) is 5.85. The lowest BCUT2D eigenvalue weighted by atomic mass is 9.87. The summed E-state index contributed by atoms with van der Waals surface area (Å²) in [7, 11) is -1.49. The largest absolute Gasteiger partial charge is 0.101 e. The lowest BCUT2D eigenvalue weighted by molar-refractivity contribution is 0.589. The molecule has 0 atom stereocenters. The zero-order chi connectivity index (χ0) is 20.6. The van der Waals surface area contributed by atoms with E-state index in [1.165, 1.54) is 25.8 Å². The van der Waals surface area contributed by atoms with Gasteiger partial charge in [0.15, 0.2) is 0 Å². The monoisotopic (exact) mass is 454 g/mol. The van der Waals surface area contributed by atoms with Crippen LogP contribution in [0.1, 0.15) is 52.7 Å². The molecule has 0 radical (unpaired) electrons. The number of benzene rings is 3. The molecule has 0 bridgehead atoms. The van der Waals surface area contributed by atoms with E-state index in [0.29, 0.717) is 0 Å². The maximum Gasteiger partial charge on any atom is 0.00785 e. The zero-order valence-corrected chi connectivity index (χ0v) is 20.2. The predicted molar refractivity (Wildman–Crippen MR) is 128 cm³/mol. The first-order valence-corrected chi connectivity index (χ1v) is 13.3. The van der Waals surface area contributed by atoms with Gasteiger partial charge in [0.2, 0.25) is 0 Å². The summed E-state index contributed by atoms with van der Waals surface area (Å²) in [4.78, 5) is 3.98. The van der Waals surface area contributed by atoms with Crippen molar-refractivity contribution in [2.45, 2.75) is 67.1 Å². The molecule has 0 spiro atoms. The maximum atomic E-state index is 4.24.